The maximum absolute atomic E-state index is 12.3. The van der Waals surface area contributed by atoms with Gasteiger partial charge in [-0.15, -0.1) is 0 Å². The number of ether oxygens (including phenoxy) is 1. The Hall–Kier alpha value is -0.650. The van der Waals surface area contributed by atoms with Crippen LogP contribution in [0, 0.1) is 0 Å². The monoisotopic (exact) mass is 269 g/mol. The highest BCUT2D eigenvalue weighted by Crippen LogP contribution is 2.34. The van der Waals surface area contributed by atoms with E-state index in [-0.39, 0.29) is 5.97 Å². The number of nitrogens with zero attached hydrogens (tertiary/aromatic N) is 2. The molecule has 110 valence electrons. The van der Waals surface area contributed by atoms with Gasteiger partial charge in [-0.2, -0.15) is 0 Å². The van der Waals surface area contributed by atoms with Crippen molar-refractivity contribution in [2.24, 2.45) is 0 Å². The largest absolute Gasteiger partial charge is 0.465 e. The summed E-state index contributed by atoms with van der Waals surface area (Å²) in [6, 6.07) is 0.715. The molecule has 2 fully saturated rings. The first-order valence-electron chi connectivity index (χ1n) is 7.38. The molecule has 0 aromatic heterocycles. The van der Waals surface area contributed by atoms with Gasteiger partial charge in [0.25, 0.3) is 0 Å². The summed E-state index contributed by atoms with van der Waals surface area (Å²) in [6.07, 6.45) is 3.45. The summed E-state index contributed by atoms with van der Waals surface area (Å²) in [5, 5.41) is 3.47. The molecule has 1 N–H and O–H groups in total. The van der Waals surface area contributed by atoms with Crippen molar-refractivity contribution < 1.29 is 9.53 Å². The summed E-state index contributed by atoms with van der Waals surface area (Å²) < 4.78 is 5.29. The maximum atomic E-state index is 12.3. The van der Waals surface area contributed by atoms with Crippen LogP contribution in [0.5, 0.6) is 0 Å². The molecule has 0 aromatic carbocycles. The first kappa shape index (κ1) is 14.8. The van der Waals surface area contributed by atoms with Crippen LogP contribution in [0.25, 0.3) is 0 Å². The molecular weight excluding hydrogens is 242 g/mol. The second-order valence-corrected chi connectivity index (χ2v) is 5.98. The normalized spacial score (nSPS) is 28.0. The van der Waals surface area contributed by atoms with Crippen molar-refractivity contribution in [2.75, 3.05) is 46.9 Å². The van der Waals surface area contributed by atoms with E-state index in [0.717, 1.165) is 32.6 Å². The molecule has 0 bridgehead atoms. The average Bonchev–Trinajstić information content (AvgIpc) is 3.11. The van der Waals surface area contributed by atoms with E-state index in [1.807, 2.05) is 21.0 Å². The third-order valence-electron chi connectivity index (χ3n) is 4.05. The summed E-state index contributed by atoms with van der Waals surface area (Å²) >= 11 is 0. The van der Waals surface area contributed by atoms with Gasteiger partial charge in [-0.3, -0.25) is 10.2 Å². The van der Waals surface area contributed by atoms with Crippen LogP contribution in [-0.2, 0) is 9.53 Å². The fourth-order valence-corrected chi connectivity index (χ4v) is 2.76. The molecule has 1 heterocycles. The molecule has 0 amide bonds. The first-order valence-corrected chi connectivity index (χ1v) is 7.38. The molecule has 5 nitrogen and oxygen atoms in total. The second-order valence-electron chi connectivity index (χ2n) is 5.98. The number of hydrogen-bond donors (Lipinski definition) is 1. The lowest BCUT2D eigenvalue weighted by molar-refractivity contribution is -0.150. The number of hydrogen-bond acceptors (Lipinski definition) is 5. The van der Waals surface area contributed by atoms with Gasteiger partial charge in [-0.25, -0.2) is 4.79 Å². The molecule has 0 radical (unpaired) electrons. The molecule has 2 rings (SSSR count). The maximum Gasteiger partial charge on any atom is 0.327 e. The lowest BCUT2D eigenvalue weighted by Crippen LogP contribution is -2.56. The molecule has 2 aliphatic rings. The highest BCUT2D eigenvalue weighted by molar-refractivity contribution is 5.81. The minimum Gasteiger partial charge on any atom is -0.465 e. The number of carbonyl (C=O) groups is 1. The third kappa shape index (κ3) is 3.68. The molecule has 1 atom stereocenters. The summed E-state index contributed by atoms with van der Waals surface area (Å²) in [4.78, 5) is 16.9. The van der Waals surface area contributed by atoms with E-state index < -0.39 is 5.54 Å². The van der Waals surface area contributed by atoms with Crippen molar-refractivity contribution in [3.05, 3.63) is 0 Å². The van der Waals surface area contributed by atoms with Gasteiger partial charge in [0.05, 0.1) is 6.61 Å². The average molecular weight is 269 g/mol. The number of nitrogens with one attached hydrogen (secondary N) is 1. The summed E-state index contributed by atoms with van der Waals surface area (Å²) in [6.45, 7) is 5.91. The Morgan fingerprint density at radius 3 is 2.79 bits per heavy atom. The van der Waals surface area contributed by atoms with Crippen molar-refractivity contribution in [1.82, 2.24) is 15.1 Å². The number of likely N-dealkylation sites (tertiary alicyclic amines) is 1. The van der Waals surface area contributed by atoms with E-state index in [9.17, 15) is 4.79 Å². The fourth-order valence-electron chi connectivity index (χ4n) is 2.76. The molecule has 5 heteroatoms. The Morgan fingerprint density at radius 1 is 1.47 bits per heavy atom. The second kappa shape index (κ2) is 6.20. The quantitative estimate of drug-likeness (QED) is 0.674. The minimum atomic E-state index is -0.478. The SMILES string of the molecule is CCOC(=O)C1(NCCN(C)C)CCN(C2CC2)C1. The van der Waals surface area contributed by atoms with E-state index in [2.05, 4.69) is 15.1 Å². The van der Waals surface area contributed by atoms with Crippen LogP contribution in [0.1, 0.15) is 26.2 Å². The lowest BCUT2D eigenvalue weighted by Gasteiger charge is -2.29. The molecule has 1 saturated heterocycles. The van der Waals surface area contributed by atoms with E-state index in [4.69, 9.17) is 4.74 Å². The topological polar surface area (TPSA) is 44.8 Å². The highest BCUT2D eigenvalue weighted by Gasteiger charge is 2.48. The molecular formula is C14H27N3O2. The predicted molar refractivity (Wildman–Crippen MR) is 75.1 cm³/mol. The molecule has 0 aromatic rings. The first-order chi connectivity index (χ1) is 9.07. The van der Waals surface area contributed by atoms with Crippen molar-refractivity contribution >= 4 is 5.97 Å². The number of rotatable bonds is 7. The van der Waals surface area contributed by atoms with Crippen molar-refractivity contribution in [1.29, 1.82) is 0 Å². The molecule has 1 saturated carbocycles. The van der Waals surface area contributed by atoms with Gasteiger partial charge in [-0.1, -0.05) is 0 Å². The van der Waals surface area contributed by atoms with Crippen LogP contribution in [0.4, 0.5) is 0 Å². The van der Waals surface area contributed by atoms with Crippen LogP contribution in [0.2, 0.25) is 0 Å². The zero-order chi connectivity index (χ0) is 13.9. The van der Waals surface area contributed by atoms with E-state index in [1.54, 1.807) is 0 Å². The number of esters is 1. The van der Waals surface area contributed by atoms with Crippen LogP contribution in [0.3, 0.4) is 0 Å². The Balaban J connectivity index is 1.94. The van der Waals surface area contributed by atoms with E-state index in [0.29, 0.717) is 12.6 Å². The van der Waals surface area contributed by atoms with Crippen molar-refractivity contribution in [3.63, 3.8) is 0 Å². The van der Waals surface area contributed by atoms with Gasteiger partial charge in [0.15, 0.2) is 0 Å². The minimum absolute atomic E-state index is 0.0723. The standard InChI is InChI=1S/C14H27N3O2/c1-4-19-13(18)14(15-8-10-16(2)3)7-9-17(11-14)12-5-6-12/h12,15H,4-11H2,1-3H3. The summed E-state index contributed by atoms with van der Waals surface area (Å²) in [5.74, 6) is -0.0723. The van der Waals surface area contributed by atoms with Gasteiger partial charge < -0.3 is 9.64 Å². The Kier molecular flexibility index (Phi) is 4.81. The van der Waals surface area contributed by atoms with Gasteiger partial charge in [-0.05, 0) is 40.3 Å². The zero-order valence-electron chi connectivity index (χ0n) is 12.4. The van der Waals surface area contributed by atoms with Crippen LogP contribution in [0.15, 0.2) is 0 Å². The van der Waals surface area contributed by atoms with Gasteiger partial charge in [0.2, 0.25) is 0 Å². The molecule has 19 heavy (non-hydrogen) atoms. The fraction of sp³-hybridized carbons (Fsp3) is 0.929. The smallest absolute Gasteiger partial charge is 0.327 e. The lowest BCUT2D eigenvalue weighted by atomic mass is 9.98. The molecule has 1 aliphatic carbocycles. The van der Waals surface area contributed by atoms with E-state index in [1.165, 1.54) is 12.8 Å². The Labute approximate surface area is 116 Å². The number of likely N-dealkylation sites (N-methyl/N-ethyl adjacent to an activating group) is 1. The van der Waals surface area contributed by atoms with Gasteiger partial charge in [0, 0.05) is 32.2 Å². The van der Waals surface area contributed by atoms with Crippen molar-refractivity contribution in [3.8, 4) is 0 Å². The van der Waals surface area contributed by atoms with E-state index >= 15 is 0 Å². The molecule has 1 unspecified atom stereocenters. The summed E-state index contributed by atoms with van der Waals surface area (Å²) in [7, 11) is 4.09. The Morgan fingerprint density at radius 2 is 2.21 bits per heavy atom. The third-order valence-corrected chi connectivity index (χ3v) is 4.05. The van der Waals surface area contributed by atoms with Crippen LogP contribution >= 0.6 is 0 Å². The molecule has 1 aliphatic heterocycles. The molecule has 0 spiro atoms. The predicted octanol–water partition coefficient (Wildman–Crippen LogP) is 0.308. The van der Waals surface area contributed by atoms with Crippen LogP contribution < -0.4 is 5.32 Å². The van der Waals surface area contributed by atoms with Crippen LogP contribution in [-0.4, -0.2) is 74.2 Å². The zero-order valence-corrected chi connectivity index (χ0v) is 12.4. The summed E-state index contributed by atoms with van der Waals surface area (Å²) in [5.41, 5.74) is -0.478. The Bertz CT molecular complexity index is 318. The highest BCUT2D eigenvalue weighted by atomic mass is 16.5. The van der Waals surface area contributed by atoms with Gasteiger partial charge in [0.1, 0.15) is 5.54 Å². The van der Waals surface area contributed by atoms with Crippen molar-refractivity contribution in [2.45, 2.75) is 37.8 Å². The van der Waals surface area contributed by atoms with Gasteiger partial charge >= 0.3 is 5.97 Å². The number of carbonyl (C=O) groups excluding carboxylic acids is 1.